The van der Waals surface area contributed by atoms with Crippen LogP contribution in [0, 0.1) is 23.2 Å². The average Bonchev–Trinajstić information content (AvgIpc) is 3.33. The topological polar surface area (TPSA) is 107 Å². The number of piperidine rings is 2. The maximum absolute atomic E-state index is 13.8. The fraction of sp³-hybridized carbons (Fsp3) is 0.353. The van der Waals surface area contributed by atoms with Gasteiger partial charge in [-0.15, -0.1) is 0 Å². The number of pyridine rings is 1. The Morgan fingerprint density at radius 2 is 1.79 bits per heavy atom. The van der Waals surface area contributed by atoms with Crippen LogP contribution in [0.4, 0.5) is 0 Å². The smallest absolute Gasteiger partial charge is 0.272 e. The van der Waals surface area contributed by atoms with Crippen LogP contribution in [0.25, 0.3) is 22.0 Å². The summed E-state index contributed by atoms with van der Waals surface area (Å²) < 4.78 is 0. The third-order valence-corrected chi connectivity index (χ3v) is 9.73. The minimum absolute atomic E-state index is 0. The molecular formula is C34H39N5O3. The number of nitrogens with one attached hydrogen (secondary N) is 3. The molecule has 8 heteroatoms. The van der Waals surface area contributed by atoms with Gasteiger partial charge in [0.2, 0.25) is 5.91 Å². The fourth-order valence-corrected chi connectivity index (χ4v) is 7.39. The van der Waals surface area contributed by atoms with Crippen molar-refractivity contribution in [3.63, 3.8) is 0 Å². The average molecular weight is 566 g/mol. The molecule has 2 aromatic carbocycles. The van der Waals surface area contributed by atoms with Gasteiger partial charge in [0.1, 0.15) is 17.4 Å². The molecule has 3 N–H and O–H groups in total. The van der Waals surface area contributed by atoms with Crippen LogP contribution in [0.15, 0.2) is 79.0 Å². The van der Waals surface area contributed by atoms with Crippen LogP contribution in [0.2, 0.25) is 0 Å². The monoisotopic (exact) mass is 565 g/mol. The highest BCUT2D eigenvalue weighted by Crippen LogP contribution is 2.57. The van der Waals surface area contributed by atoms with Crippen LogP contribution in [-0.4, -0.2) is 57.3 Å². The van der Waals surface area contributed by atoms with Gasteiger partial charge in [0.25, 0.3) is 11.8 Å². The number of hydrogen-bond donors (Lipinski definition) is 3. The zero-order valence-electron chi connectivity index (χ0n) is 24.0. The highest BCUT2D eigenvalue weighted by molar-refractivity contribution is 6.00. The lowest BCUT2D eigenvalue weighted by Gasteiger charge is -2.46. The lowest BCUT2D eigenvalue weighted by atomic mass is 9.73. The number of rotatable bonds is 5. The van der Waals surface area contributed by atoms with Crippen LogP contribution in [-0.2, 0) is 4.79 Å². The van der Waals surface area contributed by atoms with Gasteiger partial charge in [0.15, 0.2) is 0 Å². The summed E-state index contributed by atoms with van der Waals surface area (Å²) in [6, 6.07) is 22.2. The molecule has 1 saturated carbocycles. The SMILES string of the molecule is CC1C2CN(C(=O)c3ccc(-c4ccccc4)cn3)C([C@@H]3CC(C)(C)[C@H](NC(=O)c4cc5ccccc5[nH]4)C(=O)N3)C12.[HH].[HH]. The van der Waals surface area contributed by atoms with Crippen LogP contribution in [0.5, 0.6) is 0 Å². The summed E-state index contributed by atoms with van der Waals surface area (Å²) in [4.78, 5) is 50.2. The first-order valence-electron chi connectivity index (χ1n) is 14.7. The van der Waals surface area contributed by atoms with Gasteiger partial charge in [-0.1, -0.05) is 75.4 Å². The number of aromatic nitrogens is 2. The van der Waals surface area contributed by atoms with Crippen molar-refractivity contribution in [2.45, 2.75) is 45.3 Å². The van der Waals surface area contributed by atoms with Gasteiger partial charge in [-0.05, 0) is 53.4 Å². The molecule has 6 atom stereocenters. The number of benzene rings is 2. The van der Waals surface area contributed by atoms with E-state index in [4.69, 9.17) is 0 Å². The summed E-state index contributed by atoms with van der Waals surface area (Å²) in [5.74, 6) is 0.664. The minimum atomic E-state index is -0.696. The van der Waals surface area contributed by atoms with Crippen molar-refractivity contribution in [2.75, 3.05) is 6.54 Å². The quantitative estimate of drug-likeness (QED) is 0.311. The van der Waals surface area contributed by atoms with E-state index in [1.807, 2.05) is 79.4 Å². The molecule has 4 unspecified atom stereocenters. The van der Waals surface area contributed by atoms with Gasteiger partial charge >= 0.3 is 0 Å². The van der Waals surface area contributed by atoms with Crippen molar-refractivity contribution in [3.8, 4) is 11.1 Å². The lowest BCUT2D eigenvalue weighted by molar-refractivity contribution is -0.130. The van der Waals surface area contributed by atoms with Crippen molar-refractivity contribution < 1.29 is 17.2 Å². The molecule has 1 aliphatic carbocycles. The summed E-state index contributed by atoms with van der Waals surface area (Å²) in [6.07, 6.45) is 2.39. The largest absolute Gasteiger partial charge is 0.351 e. The number of H-pyrrole nitrogens is 1. The number of hydrogen-bond acceptors (Lipinski definition) is 4. The van der Waals surface area contributed by atoms with Crippen molar-refractivity contribution in [2.24, 2.45) is 23.2 Å². The summed E-state index contributed by atoms with van der Waals surface area (Å²) in [5, 5.41) is 7.14. The number of carbonyl (C=O) groups is 3. The van der Waals surface area contributed by atoms with Gasteiger partial charge in [-0.3, -0.25) is 19.4 Å². The number of nitrogens with zero attached hydrogens (tertiary/aromatic N) is 2. The molecule has 7 rings (SSSR count). The predicted octanol–water partition coefficient (Wildman–Crippen LogP) is 5.14. The standard InChI is InChI=1S/C34H35N5O3.2H2/c1-19-23-18-39(33(42)25-14-13-22(17-35-25)20-9-5-4-6-10-20)29(28(19)23)27-16-34(2,3)30(32(41)37-27)38-31(40)26-15-21-11-7-8-12-24(21)36-26;;/h4-15,17,19,23,27-30,36H,16,18H2,1-3H3,(H,37,41)(H,38,40);2*1H/t19?,23?,27-,28?,29?,30+;;/m0../s1. The maximum atomic E-state index is 13.8. The number of likely N-dealkylation sites (tertiary alicyclic amines) is 1. The molecule has 218 valence electrons. The van der Waals surface area contributed by atoms with Crippen molar-refractivity contribution in [3.05, 3.63) is 90.4 Å². The van der Waals surface area contributed by atoms with Crippen molar-refractivity contribution >= 4 is 28.6 Å². The van der Waals surface area contributed by atoms with E-state index in [2.05, 4.69) is 27.5 Å². The van der Waals surface area contributed by atoms with Gasteiger partial charge in [-0.2, -0.15) is 0 Å². The second-order valence-corrected chi connectivity index (χ2v) is 12.8. The third kappa shape index (κ3) is 4.46. The second-order valence-electron chi connectivity index (χ2n) is 12.8. The Bertz CT molecular complexity index is 1660. The molecule has 4 heterocycles. The highest BCUT2D eigenvalue weighted by atomic mass is 16.2. The Morgan fingerprint density at radius 3 is 2.50 bits per heavy atom. The van der Waals surface area contributed by atoms with Gasteiger partial charge in [0, 0.05) is 32.1 Å². The highest BCUT2D eigenvalue weighted by Gasteiger charge is 2.63. The Morgan fingerprint density at radius 1 is 1.02 bits per heavy atom. The van der Waals surface area contributed by atoms with E-state index >= 15 is 0 Å². The van der Waals surface area contributed by atoms with Gasteiger partial charge in [0.05, 0.1) is 12.1 Å². The minimum Gasteiger partial charge on any atom is -0.351 e. The molecule has 8 nitrogen and oxygen atoms in total. The molecular weight excluding hydrogens is 526 g/mol. The first-order valence-corrected chi connectivity index (χ1v) is 14.7. The Hall–Kier alpha value is -4.46. The first kappa shape index (κ1) is 26.4. The van der Waals surface area contributed by atoms with Crippen LogP contribution >= 0.6 is 0 Å². The molecule has 0 bridgehead atoms. The molecule has 3 aliphatic rings. The molecule has 2 aliphatic heterocycles. The second kappa shape index (κ2) is 9.82. The van der Waals surface area contributed by atoms with E-state index in [0.717, 1.165) is 22.0 Å². The van der Waals surface area contributed by atoms with E-state index in [-0.39, 0.29) is 32.7 Å². The molecule has 2 aromatic heterocycles. The fourth-order valence-electron chi connectivity index (χ4n) is 7.39. The summed E-state index contributed by atoms with van der Waals surface area (Å²) >= 11 is 0. The number of aromatic amines is 1. The molecule has 0 radical (unpaired) electrons. The number of amides is 3. The van der Waals surface area contributed by atoms with Crippen molar-refractivity contribution in [1.82, 2.24) is 25.5 Å². The predicted molar refractivity (Wildman–Crippen MR) is 165 cm³/mol. The van der Waals surface area contributed by atoms with E-state index in [1.54, 1.807) is 18.3 Å². The molecule has 42 heavy (non-hydrogen) atoms. The van der Waals surface area contributed by atoms with E-state index in [0.29, 0.717) is 42.1 Å². The Labute approximate surface area is 247 Å². The van der Waals surface area contributed by atoms with Crippen LogP contribution < -0.4 is 10.6 Å². The number of para-hydroxylation sites is 1. The van der Waals surface area contributed by atoms with Crippen molar-refractivity contribution in [1.29, 1.82) is 0 Å². The zero-order valence-corrected chi connectivity index (χ0v) is 24.0. The normalized spacial score (nSPS) is 27.8. The summed E-state index contributed by atoms with van der Waals surface area (Å²) in [5.41, 5.74) is 3.21. The van der Waals surface area contributed by atoms with E-state index in [9.17, 15) is 14.4 Å². The molecule has 3 amide bonds. The summed E-state index contributed by atoms with van der Waals surface area (Å²) in [7, 11) is 0. The van der Waals surface area contributed by atoms with Gasteiger partial charge < -0.3 is 20.5 Å². The van der Waals surface area contributed by atoms with E-state index < -0.39 is 11.5 Å². The first-order chi connectivity index (χ1) is 20.2. The lowest BCUT2D eigenvalue weighted by Crippen LogP contribution is -2.66. The number of carbonyl (C=O) groups excluding carboxylic acids is 3. The molecule has 2 saturated heterocycles. The summed E-state index contributed by atoms with van der Waals surface area (Å²) in [6.45, 7) is 6.95. The van der Waals surface area contributed by atoms with Gasteiger partial charge in [-0.25, -0.2) is 0 Å². The maximum Gasteiger partial charge on any atom is 0.272 e. The van der Waals surface area contributed by atoms with Crippen LogP contribution in [0.3, 0.4) is 0 Å². The van der Waals surface area contributed by atoms with Crippen LogP contribution in [0.1, 0.15) is 51.0 Å². The molecule has 3 fully saturated rings. The Kier molecular flexibility index (Phi) is 6.18. The Balaban J connectivity index is 0.00000192. The third-order valence-electron chi connectivity index (χ3n) is 9.73. The number of fused-ring (bicyclic) bond motifs is 2. The zero-order chi connectivity index (χ0) is 29.2. The molecule has 4 aromatic rings. The molecule has 0 spiro atoms. The van der Waals surface area contributed by atoms with E-state index in [1.165, 1.54) is 0 Å².